The number of hydrogen-bond acceptors (Lipinski definition) is 2. The fraction of sp³-hybridized carbons (Fsp3) is 0.400. The third kappa shape index (κ3) is 4.52. The molecule has 0 amide bonds. The van der Waals surface area contributed by atoms with Crippen molar-refractivity contribution in [3.05, 3.63) is 47.5 Å². The maximum atomic E-state index is 5.88. The van der Waals surface area contributed by atoms with Crippen LogP contribution in [0.4, 0.5) is 0 Å². The zero-order chi connectivity index (χ0) is 16.3. The van der Waals surface area contributed by atoms with Gasteiger partial charge >= 0.3 is 0 Å². The quantitative estimate of drug-likeness (QED) is 0.721. The Bertz CT molecular complexity index is 594. The highest BCUT2D eigenvalue weighted by atomic mass is 16.5. The van der Waals surface area contributed by atoms with Crippen molar-refractivity contribution in [3.8, 4) is 22.6 Å². The van der Waals surface area contributed by atoms with Crippen molar-refractivity contribution in [2.45, 2.75) is 53.8 Å². The smallest absolute Gasteiger partial charge is 0.123 e. The molecule has 22 heavy (non-hydrogen) atoms. The second kappa shape index (κ2) is 6.87. The summed E-state index contributed by atoms with van der Waals surface area (Å²) in [5.74, 6) is 1.70. The molecule has 0 spiro atoms. The van der Waals surface area contributed by atoms with Crippen molar-refractivity contribution in [2.24, 2.45) is 0 Å². The van der Waals surface area contributed by atoms with Crippen LogP contribution < -0.4 is 9.47 Å². The van der Waals surface area contributed by atoms with Gasteiger partial charge in [-0.2, -0.15) is 0 Å². The summed E-state index contributed by atoms with van der Waals surface area (Å²) in [6, 6.07) is 12.7. The average molecular weight is 298 g/mol. The van der Waals surface area contributed by atoms with Gasteiger partial charge in [-0.25, -0.2) is 0 Å². The average Bonchev–Trinajstić information content (AvgIpc) is 2.35. The lowest BCUT2D eigenvalue weighted by molar-refractivity contribution is 0.229. The number of ether oxygens (including phenoxy) is 2. The van der Waals surface area contributed by atoms with Crippen molar-refractivity contribution in [1.29, 1.82) is 0 Å². The van der Waals surface area contributed by atoms with Crippen LogP contribution >= 0.6 is 0 Å². The Balaban J connectivity index is 2.48. The molecule has 2 aromatic rings. The number of hydrogen-bond donors (Lipinski definition) is 0. The molecule has 2 aromatic carbocycles. The molecule has 0 aliphatic rings. The molecular formula is C20H26O2. The first-order valence-corrected chi connectivity index (χ1v) is 7.90. The largest absolute Gasteiger partial charge is 0.491 e. The molecule has 0 unspecified atom stereocenters. The normalized spacial score (nSPS) is 11.1. The van der Waals surface area contributed by atoms with E-state index in [9.17, 15) is 0 Å². The van der Waals surface area contributed by atoms with Gasteiger partial charge in [-0.3, -0.25) is 0 Å². The van der Waals surface area contributed by atoms with Gasteiger partial charge in [0.15, 0.2) is 0 Å². The van der Waals surface area contributed by atoms with E-state index in [1.807, 2.05) is 33.8 Å². The summed E-state index contributed by atoms with van der Waals surface area (Å²) in [5, 5.41) is 0. The standard InChI is InChI=1S/C20H26O2/c1-13(2)21-19-10-18(11-20(12-19)22-14(3)4)17-8-15(5)7-16(6)9-17/h7-14H,1-6H3. The van der Waals surface area contributed by atoms with Gasteiger partial charge in [0.05, 0.1) is 12.2 Å². The molecule has 2 rings (SSSR count). The molecule has 0 fully saturated rings. The summed E-state index contributed by atoms with van der Waals surface area (Å²) < 4.78 is 11.8. The molecule has 0 N–H and O–H groups in total. The lowest BCUT2D eigenvalue weighted by Crippen LogP contribution is -2.08. The molecule has 0 atom stereocenters. The van der Waals surface area contributed by atoms with E-state index in [2.05, 4.69) is 44.2 Å². The van der Waals surface area contributed by atoms with Gasteiger partial charge in [0.2, 0.25) is 0 Å². The fourth-order valence-corrected chi connectivity index (χ4v) is 2.56. The van der Waals surface area contributed by atoms with E-state index in [0.717, 1.165) is 17.1 Å². The summed E-state index contributed by atoms with van der Waals surface area (Å²) in [5.41, 5.74) is 4.84. The van der Waals surface area contributed by atoms with E-state index in [4.69, 9.17) is 9.47 Å². The first-order valence-electron chi connectivity index (χ1n) is 7.90. The minimum atomic E-state index is 0.140. The number of benzene rings is 2. The molecule has 0 radical (unpaired) electrons. The van der Waals surface area contributed by atoms with Crippen LogP contribution in [0.1, 0.15) is 38.8 Å². The Labute approximate surface area is 134 Å². The number of aryl methyl sites for hydroxylation is 2. The Kier molecular flexibility index (Phi) is 5.12. The van der Waals surface area contributed by atoms with Crippen LogP contribution in [0.15, 0.2) is 36.4 Å². The molecule has 118 valence electrons. The Morgan fingerprint density at radius 3 is 1.41 bits per heavy atom. The van der Waals surface area contributed by atoms with Gasteiger partial charge in [-0.15, -0.1) is 0 Å². The SMILES string of the molecule is Cc1cc(C)cc(-c2cc(OC(C)C)cc(OC(C)C)c2)c1. The lowest BCUT2D eigenvalue weighted by atomic mass is 10.0. The van der Waals surface area contributed by atoms with Gasteiger partial charge < -0.3 is 9.47 Å². The summed E-state index contributed by atoms with van der Waals surface area (Å²) in [7, 11) is 0. The second-order valence-electron chi connectivity index (χ2n) is 6.40. The van der Waals surface area contributed by atoms with Crippen LogP contribution in [-0.4, -0.2) is 12.2 Å². The topological polar surface area (TPSA) is 18.5 Å². The van der Waals surface area contributed by atoms with E-state index in [-0.39, 0.29) is 12.2 Å². The summed E-state index contributed by atoms with van der Waals surface area (Å²) >= 11 is 0. The zero-order valence-electron chi connectivity index (χ0n) is 14.4. The lowest BCUT2D eigenvalue weighted by Gasteiger charge is -2.16. The molecule has 2 heteroatoms. The van der Waals surface area contributed by atoms with E-state index in [0.29, 0.717) is 0 Å². The first kappa shape index (κ1) is 16.4. The number of rotatable bonds is 5. The van der Waals surface area contributed by atoms with Crippen LogP contribution in [-0.2, 0) is 0 Å². The van der Waals surface area contributed by atoms with Gasteiger partial charge in [0, 0.05) is 6.07 Å². The summed E-state index contributed by atoms with van der Waals surface area (Å²) in [6.07, 6.45) is 0.280. The van der Waals surface area contributed by atoms with E-state index < -0.39 is 0 Å². The van der Waals surface area contributed by atoms with Gasteiger partial charge in [-0.05, 0) is 64.8 Å². The summed E-state index contributed by atoms with van der Waals surface area (Å²) in [6.45, 7) is 12.4. The zero-order valence-corrected chi connectivity index (χ0v) is 14.4. The highest BCUT2D eigenvalue weighted by Gasteiger charge is 2.09. The highest BCUT2D eigenvalue weighted by Crippen LogP contribution is 2.32. The van der Waals surface area contributed by atoms with Crippen LogP contribution in [0.2, 0.25) is 0 Å². The van der Waals surface area contributed by atoms with Crippen molar-refractivity contribution in [1.82, 2.24) is 0 Å². The Morgan fingerprint density at radius 1 is 0.591 bits per heavy atom. The van der Waals surface area contributed by atoms with Crippen molar-refractivity contribution in [3.63, 3.8) is 0 Å². The van der Waals surface area contributed by atoms with E-state index in [1.54, 1.807) is 0 Å². The molecule has 0 heterocycles. The second-order valence-corrected chi connectivity index (χ2v) is 6.40. The van der Waals surface area contributed by atoms with Crippen LogP contribution in [0.5, 0.6) is 11.5 Å². The third-order valence-corrected chi connectivity index (χ3v) is 3.18. The first-order chi connectivity index (χ1) is 10.3. The Morgan fingerprint density at radius 2 is 1.00 bits per heavy atom. The molecule has 2 nitrogen and oxygen atoms in total. The van der Waals surface area contributed by atoms with Gasteiger partial charge in [0.25, 0.3) is 0 Å². The maximum absolute atomic E-state index is 5.88. The van der Waals surface area contributed by atoms with Crippen molar-refractivity contribution >= 4 is 0 Å². The molecular weight excluding hydrogens is 272 g/mol. The predicted octanol–water partition coefficient (Wildman–Crippen LogP) is 5.54. The third-order valence-electron chi connectivity index (χ3n) is 3.18. The minimum Gasteiger partial charge on any atom is -0.491 e. The predicted molar refractivity (Wildman–Crippen MR) is 92.9 cm³/mol. The molecule has 0 aliphatic carbocycles. The van der Waals surface area contributed by atoms with Crippen molar-refractivity contribution < 1.29 is 9.47 Å². The highest BCUT2D eigenvalue weighted by molar-refractivity contribution is 5.68. The Hall–Kier alpha value is -1.96. The van der Waals surface area contributed by atoms with E-state index >= 15 is 0 Å². The van der Waals surface area contributed by atoms with E-state index in [1.165, 1.54) is 16.7 Å². The molecule has 0 saturated carbocycles. The van der Waals surface area contributed by atoms with Gasteiger partial charge in [0.1, 0.15) is 11.5 Å². The van der Waals surface area contributed by atoms with Crippen LogP contribution in [0, 0.1) is 13.8 Å². The molecule has 0 aromatic heterocycles. The van der Waals surface area contributed by atoms with Crippen LogP contribution in [0.25, 0.3) is 11.1 Å². The van der Waals surface area contributed by atoms with Crippen LogP contribution in [0.3, 0.4) is 0 Å². The fourth-order valence-electron chi connectivity index (χ4n) is 2.56. The monoisotopic (exact) mass is 298 g/mol. The molecule has 0 saturated heterocycles. The summed E-state index contributed by atoms with van der Waals surface area (Å²) in [4.78, 5) is 0. The van der Waals surface area contributed by atoms with Gasteiger partial charge in [-0.1, -0.05) is 29.3 Å². The molecule has 0 aliphatic heterocycles. The minimum absolute atomic E-state index is 0.140. The molecule has 0 bridgehead atoms. The maximum Gasteiger partial charge on any atom is 0.123 e. The van der Waals surface area contributed by atoms with Crippen molar-refractivity contribution in [2.75, 3.05) is 0 Å².